The fourth-order valence-corrected chi connectivity index (χ4v) is 5.62. The zero-order chi connectivity index (χ0) is 25.8. The number of pyridine rings is 1. The summed E-state index contributed by atoms with van der Waals surface area (Å²) in [6.07, 6.45) is 1.84. The molecule has 0 spiro atoms. The molecule has 0 fully saturated rings. The third kappa shape index (κ3) is 5.01. The topological polar surface area (TPSA) is 88.0 Å². The number of hydrogen-bond donors (Lipinski definition) is 1. The summed E-state index contributed by atoms with van der Waals surface area (Å²) in [5.74, 6) is 1.38. The van der Waals surface area contributed by atoms with Crippen molar-refractivity contribution in [2.45, 2.75) is 39.8 Å². The molecule has 3 heterocycles. The summed E-state index contributed by atoms with van der Waals surface area (Å²) in [5.41, 5.74) is 1.60. The van der Waals surface area contributed by atoms with Crippen LogP contribution < -0.4 is 25.1 Å². The highest BCUT2D eigenvalue weighted by Crippen LogP contribution is 2.40. The lowest BCUT2D eigenvalue weighted by molar-refractivity contribution is 0.0940. The first kappa shape index (κ1) is 25.1. The van der Waals surface area contributed by atoms with E-state index in [1.54, 1.807) is 4.57 Å². The first-order valence-corrected chi connectivity index (χ1v) is 13.4. The molecule has 8 nitrogen and oxygen atoms in total. The van der Waals surface area contributed by atoms with Gasteiger partial charge in [-0.25, -0.2) is 0 Å². The van der Waals surface area contributed by atoms with Gasteiger partial charge in [-0.3, -0.25) is 9.59 Å². The Hall–Kier alpha value is -3.56. The Balaban J connectivity index is 1.54. The van der Waals surface area contributed by atoms with E-state index in [9.17, 15) is 9.59 Å². The first-order chi connectivity index (χ1) is 18.1. The maximum absolute atomic E-state index is 13.8. The van der Waals surface area contributed by atoms with Crippen LogP contribution in [0.5, 0.6) is 17.2 Å². The number of aromatic nitrogens is 1. The molecule has 37 heavy (non-hydrogen) atoms. The molecule has 5 rings (SSSR count). The number of hydrogen-bond acceptors (Lipinski definition) is 7. The lowest BCUT2D eigenvalue weighted by atomic mass is 10.1. The van der Waals surface area contributed by atoms with Gasteiger partial charge in [0, 0.05) is 25.1 Å². The fraction of sp³-hybridized carbons (Fsp3) is 0.357. The largest absolute Gasteiger partial charge is 0.489 e. The van der Waals surface area contributed by atoms with E-state index in [2.05, 4.69) is 12.2 Å². The Morgan fingerprint density at radius 2 is 1.95 bits per heavy atom. The van der Waals surface area contributed by atoms with Crippen LogP contribution in [0.4, 0.5) is 0 Å². The van der Waals surface area contributed by atoms with Gasteiger partial charge in [-0.05, 0) is 37.1 Å². The van der Waals surface area contributed by atoms with Crippen LogP contribution in [0.1, 0.15) is 41.9 Å². The van der Waals surface area contributed by atoms with Crippen LogP contribution >= 0.6 is 11.3 Å². The van der Waals surface area contributed by atoms with Crippen molar-refractivity contribution in [3.63, 3.8) is 0 Å². The summed E-state index contributed by atoms with van der Waals surface area (Å²) in [5, 5.41) is 4.36. The molecule has 0 atom stereocenters. The molecule has 0 aliphatic carbocycles. The van der Waals surface area contributed by atoms with Crippen molar-refractivity contribution in [3.8, 4) is 17.2 Å². The van der Waals surface area contributed by atoms with Crippen LogP contribution in [0.3, 0.4) is 0 Å². The average Bonchev–Trinajstić information content (AvgIpc) is 3.54. The van der Waals surface area contributed by atoms with Crippen LogP contribution in [0.2, 0.25) is 0 Å². The number of fused-ring (bicyclic) bond motifs is 4. The van der Waals surface area contributed by atoms with E-state index < -0.39 is 0 Å². The number of nitrogens with zero attached hydrogens (tertiary/aromatic N) is 1. The lowest BCUT2D eigenvalue weighted by Gasteiger charge is -2.12. The highest BCUT2D eigenvalue weighted by Gasteiger charge is 2.25. The van der Waals surface area contributed by atoms with Crippen LogP contribution in [-0.4, -0.2) is 37.1 Å². The van der Waals surface area contributed by atoms with E-state index in [1.807, 2.05) is 49.4 Å². The van der Waals surface area contributed by atoms with Crippen molar-refractivity contribution in [1.82, 2.24) is 9.88 Å². The van der Waals surface area contributed by atoms with Crippen molar-refractivity contribution in [1.29, 1.82) is 0 Å². The summed E-state index contributed by atoms with van der Waals surface area (Å²) < 4.78 is 24.9. The molecule has 9 heteroatoms. The second-order valence-electron chi connectivity index (χ2n) is 8.71. The number of para-hydroxylation sites is 1. The second kappa shape index (κ2) is 11.2. The second-order valence-corrected chi connectivity index (χ2v) is 9.73. The summed E-state index contributed by atoms with van der Waals surface area (Å²) in [6.45, 7) is 6.27. The Kier molecular flexibility index (Phi) is 7.62. The van der Waals surface area contributed by atoms with Gasteiger partial charge in [-0.15, -0.1) is 11.3 Å². The van der Waals surface area contributed by atoms with Crippen LogP contribution in [0.25, 0.3) is 21.0 Å². The molecule has 1 amide bonds. The molecule has 0 bridgehead atoms. The molecule has 0 saturated heterocycles. The molecule has 0 saturated carbocycles. The number of unbranched alkanes of at least 4 members (excludes halogenated alkanes) is 1. The smallest absolute Gasteiger partial charge is 0.265 e. The van der Waals surface area contributed by atoms with Gasteiger partial charge in [-0.1, -0.05) is 37.6 Å². The molecule has 2 aromatic carbocycles. The lowest BCUT2D eigenvalue weighted by Crippen LogP contribution is -2.23. The molecular formula is C28H30N2O6S. The molecule has 0 unspecified atom stereocenters. The van der Waals surface area contributed by atoms with Gasteiger partial charge in [0.1, 0.15) is 16.9 Å². The molecule has 1 aliphatic rings. The first-order valence-electron chi connectivity index (χ1n) is 12.6. The predicted octanol–water partition coefficient (Wildman–Crippen LogP) is 5.09. The number of benzene rings is 2. The van der Waals surface area contributed by atoms with Crippen molar-refractivity contribution in [3.05, 3.63) is 63.3 Å². The molecule has 0 radical (unpaired) electrons. The third-order valence-electron chi connectivity index (χ3n) is 6.27. The normalized spacial score (nSPS) is 12.4. The van der Waals surface area contributed by atoms with Gasteiger partial charge in [-0.2, -0.15) is 0 Å². The summed E-state index contributed by atoms with van der Waals surface area (Å²) in [7, 11) is 0. The van der Waals surface area contributed by atoms with Crippen LogP contribution in [0.15, 0.2) is 47.3 Å². The Morgan fingerprint density at radius 1 is 1.11 bits per heavy atom. The van der Waals surface area contributed by atoms with E-state index in [4.69, 9.17) is 18.9 Å². The minimum Gasteiger partial charge on any atom is -0.489 e. The van der Waals surface area contributed by atoms with Gasteiger partial charge >= 0.3 is 0 Å². The van der Waals surface area contributed by atoms with E-state index in [1.165, 1.54) is 11.3 Å². The summed E-state index contributed by atoms with van der Waals surface area (Å²) in [4.78, 5) is 27.6. The van der Waals surface area contributed by atoms with Crippen LogP contribution in [-0.2, 0) is 17.8 Å². The third-order valence-corrected chi connectivity index (χ3v) is 7.48. The van der Waals surface area contributed by atoms with E-state index in [0.29, 0.717) is 53.8 Å². The van der Waals surface area contributed by atoms with Crippen LogP contribution in [0, 0.1) is 0 Å². The number of thiophene rings is 1. The molecule has 1 aliphatic heterocycles. The minimum atomic E-state index is -0.297. The van der Waals surface area contributed by atoms with Crippen molar-refractivity contribution < 1.29 is 23.7 Å². The summed E-state index contributed by atoms with van der Waals surface area (Å²) >= 11 is 1.29. The zero-order valence-electron chi connectivity index (χ0n) is 21.0. The monoisotopic (exact) mass is 522 g/mol. The Bertz CT molecular complexity index is 1490. The number of rotatable bonds is 11. The van der Waals surface area contributed by atoms with E-state index >= 15 is 0 Å². The maximum Gasteiger partial charge on any atom is 0.265 e. The quantitative estimate of drug-likeness (QED) is 0.276. The molecule has 194 valence electrons. The van der Waals surface area contributed by atoms with Gasteiger partial charge in [0.2, 0.25) is 6.79 Å². The Morgan fingerprint density at radius 3 is 2.78 bits per heavy atom. The van der Waals surface area contributed by atoms with Crippen molar-refractivity contribution in [2.24, 2.45) is 0 Å². The van der Waals surface area contributed by atoms with Gasteiger partial charge in [0.25, 0.3) is 11.5 Å². The average molecular weight is 523 g/mol. The van der Waals surface area contributed by atoms with Gasteiger partial charge in [0.05, 0.1) is 16.8 Å². The zero-order valence-corrected chi connectivity index (χ0v) is 21.8. The SMILES string of the molecule is CCCCn1c(=O)c2c(OCCOCC)c(C(=O)NCc3ccc4c(c3)OCO4)sc2c2ccccc21. The molecule has 2 aromatic heterocycles. The van der Waals surface area contributed by atoms with Crippen molar-refractivity contribution in [2.75, 3.05) is 26.6 Å². The van der Waals surface area contributed by atoms with Gasteiger partial charge in [0.15, 0.2) is 17.2 Å². The van der Waals surface area contributed by atoms with Crippen molar-refractivity contribution >= 4 is 38.2 Å². The molecular weight excluding hydrogens is 492 g/mol. The standard InChI is InChI=1S/C28H30N2O6S/c1-3-5-12-30-20-9-7-6-8-19(20)25-23(28(30)32)24(34-14-13-33-4-2)26(37-25)27(31)29-16-18-10-11-21-22(15-18)36-17-35-21/h6-11,15H,3-5,12-14,16-17H2,1-2H3,(H,29,31). The molecule has 1 N–H and O–H groups in total. The number of ether oxygens (including phenoxy) is 4. The molecule has 4 aromatic rings. The fourth-order valence-electron chi connectivity index (χ4n) is 4.43. The number of aryl methyl sites for hydroxylation is 1. The number of nitrogens with one attached hydrogen (secondary N) is 1. The van der Waals surface area contributed by atoms with E-state index in [-0.39, 0.29) is 24.9 Å². The maximum atomic E-state index is 13.8. The van der Waals surface area contributed by atoms with Gasteiger partial charge < -0.3 is 28.8 Å². The minimum absolute atomic E-state index is 0.139. The van der Waals surface area contributed by atoms with E-state index in [0.717, 1.165) is 34.0 Å². The summed E-state index contributed by atoms with van der Waals surface area (Å²) in [6, 6.07) is 13.4. The number of carbonyl (C=O) groups is 1. The number of amides is 1. The predicted molar refractivity (Wildman–Crippen MR) is 144 cm³/mol. The highest BCUT2D eigenvalue weighted by molar-refractivity contribution is 7.22. The Labute approximate surface area is 218 Å². The number of carbonyl (C=O) groups excluding carboxylic acids is 1. The highest BCUT2D eigenvalue weighted by atomic mass is 32.1.